The molecule has 2 rings (SSSR count). The van der Waals surface area contributed by atoms with Crippen molar-refractivity contribution >= 4 is 17.5 Å². The van der Waals surface area contributed by atoms with Crippen LogP contribution in [0.3, 0.4) is 0 Å². The number of ether oxygens (including phenoxy) is 1. The van der Waals surface area contributed by atoms with E-state index in [9.17, 15) is 9.59 Å². The number of amides is 2. The summed E-state index contributed by atoms with van der Waals surface area (Å²) in [5.41, 5.74) is 2.69. The number of hydrogen-bond acceptors (Lipinski definition) is 3. The van der Waals surface area contributed by atoms with E-state index in [1.807, 2.05) is 36.4 Å². The van der Waals surface area contributed by atoms with E-state index in [1.54, 1.807) is 38.1 Å². The number of benzene rings is 2. The Morgan fingerprint density at radius 3 is 2.29 bits per heavy atom. The minimum Gasteiger partial charge on any atom is -0.481 e. The van der Waals surface area contributed by atoms with Crippen LogP contribution in [0.2, 0.25) is 0 Å². The summed E-state index contributed by atoms with van der Waals surface area (Å²) in [6.45, 7) is 6.02. The van der Waals surface area contributed by atoms with Gasteiger partial charge in [-0.05, 0) is 48.6 Å². The average Bonchev–Trinajstić information content (AvgIpc) is 2.69. The molecule has 28 heavy (non-hydrogen) atoms. The molecule has 2 amide bonds. The van der Waals surface area contributed by atoms with E-state index in [1.165, 1.54) is 0 Å². The molecular formula is C23H30N2O3. The molecule has 0 fully saturated rings. The quantitative estimate of drug-likeness (QED) is 0.743. The highest BCUT2D eigenvalue weighted by atomic mass is 16.5. The van der Waals surface area contributed by atoms with Crippen LogP contribution in [0.5, 0.6) is 5.75 Å². The maximum Gasteiger partial charge on any atom is 0.265 e. The zero-order chi connectivity index (χ0) is 20.7. The van der Waals surface area contributed by atoms with Gasteiger partial charge in [0.2, 0.25) is 5.91 Å². The highest BCUT2D eigenvalue weighted by Crippen LogP contribution is 2.29. The molecule has 2 unspecified atom stereocenters. The lowest BCUT2D eigenvalue weighted by Gasteiger charge is -2.19. The Hall–Kier alpha value is -2.82. The normalized spacial score (nSPS) is 12.8. The van der Waals surface area contributed by atoms with Crippen LogP contribution in [0, 0.1) is 0 Å². The van der Waals surface area contributed by atoms with Crippen molar-refractivity contribution in [1.82, 2.24) is 4.90 Å². The molecule has 0 spiro atoms. The summed E-state index contributed by atoms with van der Waals surface area (Å²) in [6, 6.07) is 15.2. The van der Waals surface area contributed by atoms with Crippen molar-refractivity contribution in [2.75, 3.05) is 19.4 Å². The average molecular weight is 383 g/mol. The number of para-hydroxylation sites is 1. The summed E-state index contributed by atoms with van der Waals surface area (Å²) in [7, 11) is 3.47. The predicted octanol–water partition coefficient (Wildman–Crippen LogP) is 4.24. The minimum atomic E-state index is -0.625. The zero-order valence-electron chi connectivity index (χ0n) is 17.4. The maximum absolute atomic E-state index is 12.5. The molecule has 1 N–H and O–H groups in total. The molecule has 0 bridgehead atoms. The third-order valence-electron chi connectivity index (χ3n) is 4.81. The molecule has 2 aromatic carbocycles. The van der Waals surface area contributed by atoms with Gasteiger partial charge < -0.3 is 15.0 Å². The smallest absolute Gasteiger partial charge is 0.265 e. The molecule has 5 nitrogen and oxygen atoms in total. The first kappa shape index (κ1) is 21.5. The van der Waals surface area contributed by atoms with Crippen LogP contribution >= 0.6 is 0 Å². The predicted molar refractivity (Wildman–Crippen MR) is 113 cm³/mol. The lowest BCUT2D eigenvalue weighted by molar-refractivity contribution is -0.128. The summed E-state index contributed by atoms with van der Waals surface area (Å²) in [5, 5.41) is 2.87. The molecule has 0 saturated carbocycles. The summed E-state index contributed by atoms with van der Waals surface area (Å²) in [4.78, 5) is 25.9. The van der Waals surface area contributed by atoms with Crippen molar-refractivity contribution in [1.29, 1.82) is 0 Å². The van der Waals surface area contributed by atoms with Crippen LogP contribution in [0.25, 0.3) is 0 Å². The van der Waals surface area contributed by atoms with Gasteiger partial charge in [-0.1, -0.05) is 44.2 Å². The second kappa shape index (κ2) is 9.93. The van der Waals surface area contributed by atoms with Crippen molar-refractivity contribution in [3.8, 4) is 5.75 Å². The largest absolute Gasteiger partial charge is 0.481 e. The Kier molecular flexibility index (Phi) is 7.61. The molecule has 0 heterocycles. The first-order valence-corrected chi connectivity index (χ1v) is 9.67. The fraction of sp³-hybridized carbons (Fsp3) is 0.391. The van der Waals surface area contributed by atoms with Crippen LogP contribution < -0.4 is 10.1 Å². The molecule has 150 valence electrons. The number of likely N-dealkylation sites (N-methyl/N-ethyl adjacent to an activating group) is 1. The van der Waals surface area contributed by atoms with Crippen LogP contribution in [-0.2, 0) is 16.0 Å². The van der Waals surface area contributed by atoms with Gasteiger partial charge in [-0.3, -0.25) is 9.59 Å². The lowest BCUT2D eigenvalue weighted by Crippen LogP contribution is -2.30. The SMILES string of the molecule is CCC(C)c1ccccc1OC(C)C(=O)Nc1ccc(CC(=O)N(C)C)cc1. The van der Waals surface area contributed by atoms with Gasteiger partial charge in [0.1, 0.15) is 5.75 Å². The zero-order valence-corrected chi connectivity index (χ0v) is 17.4. The van der Waals surface area contributed by atoms with Crippen LogP contribution in [-0.4, -0.2) is 36.9 Å². The van der Waals surface area contributed by atoms with Gasteiger partial charge in [0.15, 0.2) is 6.10 Å². The van der Waals surface area contributed by atoms with Crippen LogP contribution in [0.1, 0.15) is 44.2 Å². The van der Waals surface area contributed by atoms with Gasteiger partial charge in [-0.25, -0.2) is 0 Å². The van der Waals surface area contributed by atoms with E-state index in [0.29, 0.717) is 18.0 Å². The first-order valence-electron chi connectivity index (χ1n) is 9.67. The van der Waals surface area contributed by atoms with Crippen molar-refractivity contribution < 1.29 is 14.3 Å². The third kappa shape index (κ3) is 5.84. The summed E-state index contributed by atoms with van der Waals surface area (Å²) >= 11 is 0. The Morgan fingerprint density at radius 1 is 1.04 bits per heavy atom. The fourth-order valence-corrected chi connectivity index (χ4v) is 2.74. The van der Waals surface area contributed by atoms with E-state index < -0.39 is 6.10 Å². The van der Waals surface area contributed by atoms with Gasteiger partial charge in [0.25, 0.3) is 5.91 Å². The van der Waals surface area contributed by atoms with Gasteiger partial charge in [-0.15, -0.1) is 0 Å². The van der Waals surface area contributed by atoms with E-state index >= 15 is 0 Å². The molecule has 0 aliphatic heterocycles. The molecule has 0 aliphatic carbocycles. The fourth-order valence-electron chi connectivity index (χ4n) is 2.74. The molecule has 0 aromatic heterocycles. The number of carbonyl (C=O) groups excluding carboxylic acids is 2. The number of rotatable bonds is 8. The number of hydrogen-bond donors (Lipinski definition) is 1. The molecule has 0 saturated heterocycles. The van der Waals surface area contributed by atoms with E-state index in [-0.39, 0.29) is 11.8 Å². The van der Waals surface area contributed by atoms with Gasteiger partial charge in [0.05, 0.1) is 6.42 Å². The second-order valence-corrected chi connectivity index (χ2v) is 7.26. The summed E-state index contributed by atoms with van der Waals surface area (Å²) in [5.74, 6) is 0.941. The third-order valence-corrected chi connectivity index (χ3v) is 4.81. The molecular weight excluding hydrogens is 352 g/mol. The number of carbonyl (C=O) groups is 2. The van der Waals surface area contributed by atoms with Gasteiger partial charge in [0, 0.05) is 19.8 Å². The molecule has 0 aliphatic rings. The topological polar surface area (TPSA) is 58.6 Å². The Bertz CT molecular complexity index is 800. The lowest BCUT2D eigenvalue weighted by atomic mass is 9.98. The molecule has 2 atom stereocenters. The standard InChI is InChI=1S/C23H30N2O3/c1-6-16(2)20-9-7-8-10-21(20)28-17(3)23(27)24-19-13-11-18(12-14-19)15-22(26)25(4)5/h7-14,16-17H,6,15H2,1-5H3,(H,24,27). The van der Waals surface area contributed by atoms with Crippen LogP contribution in [0.15, 0.2) is 48.5 Å². The maximum atomic E-state index is 12.5. The van der Waals surface area contributed by atoms with E-state index in [2.05, 4.69) is 19.2 Å². The van der Waals surface area contributed by atoms with Crippen molar-refractivity contribution in [3.63, 3.8) is 0 Å². The minimum absolute atomic E-state index is 0.0405. The van der Waals surface area contributed by atoms with Gasteiger partial charge in [-0.2, -0.15) is 0 Å². The molecule has 2 aromatic rings. The Morgan fingerprint density at radius 2 is 1.68 bits per heavy atom. The highest BCUT2D eigenvalue weighted by Gasteiger charge is 2.18. The molecule has 0 radical (unpaired) electrons. The van der Waals surface area contributed by atoms with Crippen molar-refractivity contribution in [2.24, 2.45) is 0 Å². The molecule has 5 heteroatoms. The van der Waals surface area contributed by atoms with Crippen molar-refractivity contribution in [2.45, 2.75) is 45.6 Å². The van der Waals surface area contributed by atoms with Crippen LogP contribution in [0.4, 0.5) is 5.69 Å². The number of anilines is 1. The van der Waals surface area contributed by atoms with Crippen molar-refractivity contribution in [3.05, 3.63) is 59.7 Å². The highest BCUT2D eigenvalue weighted by molar-refractivity contribution is 5.94. The van der Waals surface area contributed by atoms with E-state index in [4.69, 9.17) is 4.74 Å². The summed E-state index contributed by atoms with van der Waals surface area (Å²) < 4.78 is 5.94. The summed E-state index contributed by atoms with van der Waals surface area (Å²) in [6.07, 6.45) is 0.719. The monoisotopic (exact) mass is 382 g/mol. The van der Waals surface area contributed by atoms with E-state index in [0.717, 1.165) is 23.3 Å². The Balaban J connectivity index is 1.98. The number of nitrogens with zero attached hydrogens (tertiary/aromatic N) is 1. The first-order chi connectivity index (χ1) is 13.3. The Labute approximate surface area is 167 Å². The van der Waals surface area contributed by atoms with Gasteiger partial charge >= 0.3 is 0 Å². The second-order valence-electron chi connectivity index (χ2n) is 7.26. The number of nitrogens with one attached hydrogen (secondary N) is 1.